The zero-order valence-electron chi connectivity index (χ0n) is 14.0. The van der Waals surface area contributed by atoms with E-state index in [1.807, 2.05) is 24.4 Å². The zero-order valence-corrected chi connectivity index (χ0v) is 14.0. The highest BCUT2D eigenvalue weighted by Gasteiger charge is 2.27. The molecule has 1 saturated carbocycles. The first-order valence-electron chi connectivity index (χ1n) is 8.73. The minimum Gasteiger partial charge on any atom is -0.370 e. The highest BCUT2D eigenvalue weighted by molar-refractivity contribution is 5.98. The molecule has 25 heavy (non-hydrogen) atoms. The lowest BCUT2D eigenvalue weighted by Gasteiger charge is -2.13. The van der Waals surface area contributed by atoms with Gasteiger partial charge in [0, 0.05) is 36.1 Å². The van der Waals surface area contributed by atoms with Crippen LogP contribution in [0.25, 0.3) is 0 Å². The van der Waals surface area contributed by atoms with Crippen molar-refractivity contribution < 1.29 is 4.79 Å². The Hall–Kier alpha value is -2.67. The summed E-state index contributed by atoms with van der Waals surface area (Å²) in [5.74, 6) is 2.01. The average molecular weight is 338 g/mol. The molecule has 7 heteroatoms. The fraction of sp³-hybridized carbons (Fsp3) is 0.389. The molecule has 1 aromatic heterocycles. The van der Waals surface area contributed by atoms with Gasteiger partial charge in [0.05, 0.1) is 0 Å². The summed E-state index contributed by atoms with van der Waals surface area (Å²) < 4.78 is 0. The number of aromatic nitrogens is 2. The van der Waals surface area contributed by atoms with Crippen molar-refractivity contribution in [3.8, 4) is 0 Å². The molecule has 2 aromatic rings. The highest BCUT2D eigenvalue weighted by atomic mass is 16.1. The van der Waals surface area contributed by atoms with E-state index in [4.69, 9.17) is 5.73 Å². The van der Waals surface area contributed by atoms with E-state index >= 15 is 0 Å². The number of benzene rings is 1. The number of nitrogens with zero attached hydrogens (tertiary/aromatic N) is 2. The minimum atomic E-state index is -0.0158. The third kappa shape index (κ3) is 3.41. The van der Waals surface area contributed by atoms with Gasteiger partial charge in [-0.15, -0.1) is 0 Å². The first kappa shape index (κ1) is 15.8. The monoisotopic (exact) mass is 338 g/mol. The Kier molecular flexibility index (Phi) is 4.23. The maximum absolute atomic E-state index is 11.6. The molecule has 0 saturated heterocycles. The van der Waals surface area contributed by atoms with Crippen molar-refractivity contribution >= 4 is 23.4 Å². The minimum absolute atomic E-state index is 0.0158. The predicted molar refractivity (Wildman–Crippen MR) is 97.1 cm³/mol. The van der Waals surface area contributed by atoms with E-state index in [2.05, 4.69) is 25.9 Å². The Morgan fingerprint density at radius 3 is 3.00 bits per heavy atom. The van der Waals surface area contributed by atoms with Crippen LogP contribution in [0.3, 0.4) is 0 Å². The third-order valence-corrected chi connectivity index (χ3v) is 4.55. The quantitative estimate of drug-likeness (QED) is 0.576. The second kappa shape index (κ2) is 6.68. The maximum atomic E-state index is 11.6. The number of anilines is 3. The van der Waals surface area contributed by atoms with Gasteiger partial charge in [-0.1, -0.05) is 0 Å². The van der Waals surface area contributed by atoms with Crippen LogP contribution in [0.15, 0.2) is 24.4 Å². The van der Waals surface area contributed by atoms with Crippen molar-refractivity contribution in [3.05, 3.63) is 41.1 Å². The van der Waals surface area contributed by atoms with Crippen molar-refractivity contribution in [1.82, 2.24) is 15.3 Å². The van der Waals surface area contributed by atoms with Crippen LogP contribution in [0.2, 0.25) is 0 Å². The Balaban J connectivity index is 1.54. The van der Waals surface area contributed by atoms with Crippen molar-refractivity contribution in [1.29, 1.82) is 0 Å². The molecule has 2 aliphatic rings. The summed E-state index contributed by atoms with van der Waals surface area (Å²) in [6.07, 6.45) is 5.22. The number of amides is 1. The Morgan fingerprint density at radius 2 is 2.20 bits per heavy atom. The van der Waals surface area contributed by atoms with Crippen LogP contribution < -0.4 is 21.7 Å². The van der Waals surface area contributed by atoms with Gasteiger partial charge in [-0.05, 0) is 55.5 Å². The molecular formula is C18H22N6O. The van der Waals surface area contributed by atoms with Gasteiger partial charge in [-0.25, -0.2) is 4.98 Å². The van der Waals surface area contributed by atoms with E-state index in [-0.39, 0.29) is 5.91 Å². The van der Waals surface area contributed by atoms with Crippen LogP contribution in [0.1, 0.15) is 46.7 Å². The van der Waals surface area contributed by atoms with Gasteiger partial charge in [0.2, 0.25) is 5.95 Å². The molecule has 1 aromatic carbocycles. The summed E-state index contributed by atoms with van der Waals surface area (Å²) in [5, 5.41) is 9.45. The molecule has 4 rings (SSSR count). The van der Waals surface area contributed by atoms with E-state index in [0.717, 1.165) is 35.6 Å². The Morgan fingerprint density at radius 1 is 1.32 bits per heavy atom. The van der Waals surface area contributed by atoms with Crippen LogP contribution in [0, 0.1) is 0 Å². The predicted octanol–water partition coefficient (Wildman–Crippen LogP) is 2.10. The molecule has 0 atom stereocenters. The molecule has 0 radical (unpaired) electrons. The standard InChI is InChI=1S/C18H22N6O/c19-6-1-7-20-16-15(11-2-3-11)10-22-18(24-16)23-13-4-5-14-12(8-13)9-21-17(14)25/h4-5,8,10-11H,1-3,6-7,9,19H2,(H,21,25)(H2,20,22,23,24). The fourth-order valence-corrected chi connectivity index (χ4v) is 3.03. The van der Waals surface area contributed by atoms with Crippen LogP contribution >= 0.6 is 0 Å². The summed E-state index contributed by atoms with van der Waals surface area (Å²) in [6.45, 7) is 2.03. The van der Waals surface area contributed by atoms with E-state index in [0.29, 0.717) is 25.0 Å². The van der Waals surface area contributed by atoms with Gasteiger partial charge in [0.25, 0.3) is 5.91 Å². The maximum Gasteiger partial charge on any atom is 0.251 e. The Labute approximate surface area is 146 Å². The Bertz CT molecular complexity index is 802. The van der Waals surface area contributed by atoms with Crippen molar-refractivity contribution in [3.63, 3.8) is 0 Å². The summed E-state index contributed by atoms with van der Waals surface area (Å²) in [7, 11) is 0. The van der Waals surface area contributed by atoms with Gasteiger partial charge < -0.3 is 21.7 Å². The molecular weight excluding hydrogens is 316 g/mol. The van der Waals surface area contributed by atoms with Crippen molar-refractivity contribution in [2.24, 2.45) is 5.73 Å². The van der Waals surface area contributed by atoms with Crippen LogP contribution in [0.5, 0.6) is 0 Å². The molecule has 1 aliphatic heterocycles. The lowest BCUT2D eigenvalue weighted by Crippen LogP contribution is -2.12. The topological polar surface area (TPSA) is 105 Å². The number of carbonyl (C=O) groups is 1. The van der Waals surface area contributed by atoms with Gasteiger partial charge in [0.15, 0.2) is 0 Å². The van der Waals surface area contributed by atoms with E-state index < -0.39 is 0 Å². The van der Waals surface area contributed by atoms with Gasteiger partial charge in [-0.2, -0.15) is 4.98 Å². The zero-order chi connectivity index (χ0) is 17.2. The van der Waals surface area contributed by atoms with Gasteiger partial charge in [0.1, 0.15) is 5.82 Å². The summed E-state index contributed by atoms with van der Waals surface area (Å²) in [6, 6.07) is 5.68. The van der Waals surface area contributed by atoms with Crippen LogP contribution in [-0.4, -0.2) is 29.0 Å². The molecule has 2 heterocycles. The lowest BCUT2D eigenvalue weighted by atomic mass is 10.1. The summed E-state index contributed by atoms with van der Waals surface area (Å²) in [4.78, 5) is 20.8. The van der Waals surface area contributed by atoms with E-state index in [1.165, 1.54) is 18.4 Å². The summed E-state index contributed by atoms with van der Waals surface area (Å²) in [5.41, 5.74) is 9.37. The first-order chi connectivity index (χ1) is 12.2. The molecule has 1 fully saturated rings. The molecule has 1 amide bonds. The largest absolute Gasteiger partial charge is 0.370 e. The number of rotatable bonds is 7. The molecule has 1 aliphatic carbocycles. The smallest absolute Gasteiger partial charge is 0.251 e. The van der Waals surface area contributed by atoms with E-state index in [1.54, 1.807) is 0 Å². The van der Waals surface area contributed by atoms with Gasteiger partial charge in [-0.3, -0.25) is 4.79 Å². The number of fused-ring (bicyclic) bond motifs is 1. The van der Waals surface area contributed by atoms with Crippen LogP contribution in [0.4, 0.5) is 17.5 Å². The van der Waals surface area contributed by atoms with Crippen LogP contribution in [-0.2, 0) is 6.54 Å². The number of carbonyl (C=O) groups excluding carboxylic acids is 1. The van der Waals surface area contributed by atoms with E-state index in [9.17, 15) is 4.79 Å². The normalized spacial score (nSPS) is 15.6. The first-order valence-corrected chi connectivity index (χ1v) is 8.73. The second-order valence-electron chi connectivity index (χ2n) is 6.52. The molecule has 7 nitrogen and oxygen atoms in total. The number of nitrogens with two attached hydrogens (primary N) is 1. The van der Waals surface area contributed by atoms with Crippen molar-refractivity contribution in [2.45, 2.75) is 31.7 Å². The average Bonchev–Trinajstić information content (AvgIpc) is 3.39. The molecule has 0 unspecified atom stereocenters. The fourth-order valence-electron chi connectivity index (χ4n) is 3.03. The lowest BCUT2D eigenvalue weighted by molar-refractivity contribution is 0.0966. The molecule has 130 valence electrons. The summed E-state index contributed by atoms with van der Waals surface area (Å²) >= 11 is 0. The molecule has 0 spiro atoms. The number of nitrogens with one attached hydrogen (secondary N) is 3. The van der Waals surface area contributed by atoms with Gasteiger partial charge >= 0.3 is 0 Å². The molecule has 5 N–H and O–H groups in total. The highest BCUT2D eigenvalue weighted by Crippen LogP contribution is 2.42. The number of hydrogen-bond donors (Lipinski definition) is 4. The van der Waals surface area contributed by atoms with Crippen molar-refractivity contribution in [2.75, 3.05) is 23.7 Å². The SMILES string of the molecule is NCCCNc1nc(Nc2ccc3c(c2)CNC3=O)ncc1C1CC1. The third-order valence-electron chi connectivity index (χ3n) is 4.55. The number of hydrogen-bond acceptors (Lipinski definition) is 6. The molecule has 0 bridgehead atoms. The second-order valence-corrected chi connectivity index (χ2v) is 6.52.